The summed E-state index contributed by atoms with van der Waals surface area (Å²) in [6.07, 6.45) is 0. The van der Waals surface area contributed by atoms with Gasteiger partial charge in [0.15, 0.2) is 17.3 Å². The van der Waals surface area contributed by atoms with Crippen LogP contribution in [0.25, 0.3) is 11.5 Å². The Morgan fingerprint density at radius 1 is 1.25 bits per heavy atom. The highest BCUT2D eigenvalue weighted by molar-refractivity contribution is 6.03. The highest BCUT2D eigenvalue weighted by atomic mass is 16.6. The first-order valence-corrected chi connectivity index (χ1v) is 5.61. The Morgan fingerprint density at radius 2 is 2.05 bits per heavy atom. The first-order chi connectivity index (χ1) is 9.74. The number of carbonyl (C=O) groups excluding carboxylic acids is 1. The Labute approximate surface area is 112 Å². The number of rotatable bonds is 3. The van der Waals surface area contributed by atoms with Gasteiger partial charge in [-0.15, -0.1) is 5.10 Å². The number of nitrogen functional groups attached to an aromatic ring is 1. The number of aromatic nitrogens is 5. The minimum atomic E-state index is -0.317. The molecule has 9 nitrogen and oxygen atoms in total. The molecule has 0 spiro atoms. The van der Waals surface area contributed by atoms with E-state index in [1.807, 2.05) is 6.07 Å². The minimum absolute atomic E-state index is 0.0853. The van der Waals surface area contributed by atoms with Gasteiger partial charge >= 0.3 is 0 Å². The Morgan fingerprint density at radius 3 is 2.75 bits per heavy atom. The number of amides is 1. The highest BCUT2D eigenvalue weighted by Gasteiger charge is 2.15. The van der Waals surface area contributed by atoms with Crippen LogP contribution in [0.5, 0.6) is 0 Å². The third kappa shape index (κ3) is 2.19. The molecule has 2 heterocycles. The van der Waals surface area contributed by atoms with Crippen molar-refractivity contribution < 1.29 is 9.42 Å². The van der Waals surface area contributed by atoms with E-state index in [9.17, 15) is 4.79 Å². The van der Waals surface area contributed by atoms with Crippen LogP contribution in [-0.4, -0.2) is 31.4 Å². The maximum Gasteiger partial charge on any atom is 0.258 e. The fraction of sp³-hybridized carbons (Fsp3) is 0. The molecule has 9 heteroatoms. The quantitative estimate of drug-likeness (QED) is 0.637. The molecule has 0 aliphatic rings. The molecule has 0 bridgehead atoms. The Hall–Kier alpha value is -3.23. The molecule has 0 unspecified atom stereocenters. The largest absolute Gasteiger partial charge is 0.379 e. The van der Waals surface area contributed by atoms with E-state index >= 15 is 0 Å². The molecule has 0 saturated carbocycles. The van der Waals surface area contributed by atoms with Crippen molar-refractivity contribution in [2.75, 3.05) is 11.1 Å². The molecule has 20 heavy (non-hydrogen) atoms. The van der Waals surface area contributed by atoms with E-state index in [-0.39, 0.29) is 29.2 Å². The molecule has 3 rings (SSSR count). The maximum absolute atomic E-state index is 11.9. The molecule has 0 saturated heterocycles. The Balaban J connectivity index is 1.78. The zero-order chi connectivity index (χ0) is 13.9. The van der Waals surface area contributed by atoms with Crippen LogP contribution in [0.4, 0.5) is 11.8 Å². The molecule has 0 atom stereocenters. The molecule has 1 amide bonds. The van der Waals surface area contributed by atoms with Crippen LogP contribution < -0.4 is 11.1 Å². The summed E-state index contributed by atoms with van der Waals surface area (Å²) in [4.78, 5) is 15.9. The molecule has 3 aromatic rings. The van der Waals surface area contributed by atoms with Gasteiger partial charge in [0.25, 0.3) is 5.91 Å². The second kappa shape index (κ2) is 4.80. The van der Waals surface area contributed by atoms with Gasteiger partial charge in [0.1, 0.15) is 0 Å². The third-order valence-corrected chi connectivity index (χ3v) is 2.48. The summed E-state index contributed by atoms with van der Waals surface area (Å²) in [5.41, 5.74) is 6.27. The van der Waals surface area contributed by atoms with Crippen molar-refractivity contribution in [3.05, 3.63) is 35.9 Å². The molecule has 0 fully saturated rings. The predicted molar refractivity (Wildman–Crippen MR) is 68.5 cm³/mol. The average Bonchev–Trinajstić information content (AvgIpc) is 3.08. The van der Waals surface area contributed by atoms with Crippen molar-refractivity contribution in [2.45, 2.75) is 0 Å². The van der Waals surface area contributed by atoms with Crippen molar-refractivity contribution >= 4 is 17.7 Å². The van der Waals surface area contributed by atoms with Crippen molar-refractivity contribution in [3.63, 3.8) is 0 Å². The number of hydrogen-bond acceptors (Lipinski definition) is 7. The first kappa shape index (κ1) is 11.8. The molecule has 100 valence electrons. The fourth-order valence-electron chi connectivity index (χ4n) is 1.55. The smallest absolute Gasteiger partial charge is 0.258 e. The van der Waals surface area contributed by atoms with Gasteiger partial charge in [0.2, 0.25) is 5.95 Å². The predicted octanol–water partition coefficient (Wildman–Crippen LogP) is 0.689. The molecular formula is C11H9N7O2. The number of H-pyrrole nitrogens is 1. The van der Waals surface area contributed by atoms with Crippen LogP contribution >= 0.6 is 0 Å². The summed E-state index contributed by atoms with van der Waals surface area (Å²) in [5, 5.41) is 16.0. The van der Waals surface area contributed by atoms with Crippen LogP contribution in [0.2, 0.25) is 0 Å². The van der Waals surface area contributed by atoms with Gasteiger partial charge in [-0.1, -0.05) is 18.2 Å². The standard InChI is InChI=1S/C11H9N7O2/c12-8-7(17-20-18-8)9-13-11(16-15-9)14-10(19)6-4-2-1-3-5-6/h1-5H,(H2,12,18)(H2,13,14,15,16,19). The molecule has 4 N–H and O–H groups in total. The van der Waals surface area contributed by atoms with Crippen LogP contribution in [0.1, 0.15) is 10.4 Å². The fourth-order valence-corrected chi connectivity index (χ4v) is 1.55. The van der Waals surface area contributed by atoms with E-state index in [0.29, 0.717) is 5.56 Å². The number of carbonyl (C=O) groups is 1. The number of anilines is 2. The van der Waals surface area contributed by atoms with Gasteiger partial charge in [-0.05, 0) is 22.4 Å². The van der Waals surface area contributed by atoms with Crippen molar-refractivity contribution in [1.29, 1.82) is 0 Å². The number of aromatic amines is 1. The van der Waals surface area contributed by atoms with E-state index < -0.39 is 0 Å². The second-order valence-electron chi connectivity index (χ2n) is 3.83. The summed E-state index contributed by atoms with van der Waals surface area (Å²) in [6.45, 7) is 0. The first-order valence-electron chi connectivity index (χ1n) is 5.61. The summed E-state index contributed by atoms with van der Waals surface area (Å²) in [7, 11) is 0. The molecule has 0 radical (unpaired) electrons. The normalized spacial score (nSPS) is 10.4. The lowest BCUT2D eigenvalue weighted by Gasteiger charge is -1.99. The van der Waals surface area contributed by atoms with Crippen LogP contribution in [-0.2, 0) is 0 Å². The number of nitrogens with zero attached hydrogens (tertiary/aromatic N) is 4. The zero-order valence-corrected chi connectivity index (χ0v) is 10.1. The second-order valence-corrected chi connectivity index (χ2v) is 3.83. The van der Waals surface area contributed by atoms with Crippen molar-refractivity contribution in [2.24, 2.45) is 0 Å². The van der Waals surface area contributed by atoms with Gasteiger partial charge in [-0.2, -0.15) is 4.98 Å². The maximum atomic E-state index is 11.9. The van der Waals surface area contributed by atoms with E-state index in [2.05, 4.69) is 35.4 Å². The number of nitrogens with two attached hydrogens (primary N) is 1. The molecule has 2 aromatic heterocycles. The molecular weight excluding hydrogens is 262 g/mol. The summed E-state index contributed by atoms with van der Waals surface area (Å²) in [6, 6.07) is 8.72. The summed E-state index contributed by atoms with van der Waals surface area (Å²) >= 11 is 0. The topological polar surface area (TPSA) is 136 Å². The van der Waals surface area contributed by atoms with Crippen LogP contribution in [0.15, 0.2) is 35.0 Å². The Bertz CT molecular complexity index is 734. The SMILES string of the molecule is Nc1nonc1-c1nc(NC(=O)c2ccccc2)n[nH]1. The van der Waals surface area contributed by atoms with Gasteiger partial charge in [-0.3, -0.25) is 15.2 Å². The molecule has 1 aromatic carbocycles. The number of nitrogens with one attached hydrogen (secondary N) is 2. The van der Waals surface area contributed by atoms with Gasteiger partial charge in [0, 0.05) is 5.56 Å². The highest BCUT2D eigenvalue weighted by Crippen LogP contribution is 2.18. The molecule has 0 aliphatic heterocycles. The third-order valence-electron chi connectivity index (χ3n) is 2.48. The summed E-state index contributed by atoms with van der Waals surface area (Å²) < 4.78 is 4.46. The van der Waals surface area contributed by atoms with E-state index in [0.717, 1.165) is 0 Å². The van der Waals surface area contributed by atoms with Crippen LogP contribution in [0, 0.1) is 0 Å². The molecule has 0 aliphatic carbocycles. The lowest BCUT2D eigenvalue weighted by Crippen LogP contribution is -2.12. The van der Waals surface area contributed by atoms with Gasteiger partial charge < -0.3 is 5.73 Å². The lowest BCUT2D eigenvalue weighted by atomic mass is 10.2. The summed E-state index contributed by atoms with van der Waals surface area (Å²) in [5.74, 6) is 0.132. The average molecular weight is 271 g/mol. The monoisotopic (exact) mass is 271 g/mol. The number of benzene rings is 1. The zero-order valence-electron chi connectivity index (χ0n) is 10.1. The van der Waals surface area contributed by atoms with Gasteiger partial charge in [0.05, 0.1) is 0 Å². The van der Waals surface area contributed by atoms with Crippen molar-refractivity contribution in [1.82, 2.24) is 25.5 Å². The number of hydrogen-bond donors (Lipinski definition) is 3. The van der Waals surface area contributed by atoms with E-state index in [1.54, 1.807) is 24.3 Å². The lowest BCUT2D eigenvalue weighted by molar-refractivity contribution is 0.102. The van der Waals surface area contributed by atoms with Crippen molar-refractivity contribution in [3.8, 4) is 11.5 Å². The van der Waals surface area contributed by atoms with E-state index in [1.165, 1.54) is 0 Å². The van der Waals surface area contributed by atoms with E-state index in [4.69, 9.17) is 5.73 Å². The minimum Gasteiger partial charge on any atom is -0.379 e. The Kier molecular flexibility index (Phi) is 2.84. The van der Waals surface area contributed by atoms with Crippen LogP contribution in [0.3, 0.4) is 0 Å². The van der Waals surface area contributed by atoms with Gasteiger partial charge in [-0.25, -0.2) is 4.63 Å².